The van der Waals surface area contributed by atoms with Crippen LogP contribution in [0.4, 0.5) is 5.69 Å². The number of carbonyl (C=O) groups excluding carboxylic acids is 2. The molecule has 0 bridgehead atoms. The number of carbonyl (C=O) groups is 2. The molecule has 25 heavy (non-hydrogen) atoms. The second-order valence-corrected chi connectivity index (χ2v) is 7.20. The minimum absolute atomic E-state index is 0.115. The number of benzene rings is 1. The average molecular weight is 365 g/mol. The van der Waals surface area contributed by atoms with Crippen LogP contribution in [-0.2, 0) is 21.4 Å². The standard InChI is InChI=1S/C16H19N3O5S/c1-11(18-16(21)13-7-8-24-10-13)15(20)17-9-12-5-3-4-6-14(12)19-25(2,22)23/h3-8,10-11,19H,9H2,1-2H3,(H,17,20)(H,18,21)/t11-/m1/s1. The van der Waals surface area contributed by atoms with Gasteiger partial charge in [0.2, 0.25) is 15.9 Å². The second kappa shape index (κ2) is 7.84. The van der Waals surface area contributed by atoms with Gasteiger partial charge in [0.15, 0.2) is 0 Å². The number of hydrogen-bond acceptors (Lipinski definition) is 5. The Balaban J connectivity index is 1.94. The molecule has 0 spiro atoms. The van der Waals surface area contributed by atoms with Crippen molar-refractivity contribution >= 4 is 27.5 Å². The summed E-state index contributed by atoms with van der Waals surface area (Å²) in [5.41, 5.74) is 1.32. The van der Waals surface area contributed by atoms with E-state index in [0.29, 0.717) is 16.8 Å². The molecule has 0 saturated heterocycles. The lowest BCUT2D eigenvalue weighted by molar-refractivity contribution is -0.122. The number of furan rings is 1. The first kappa shape index (κ1) is 18.5. The van der Waals surface area contributed by atoms with E-state index >= 15 is 0 Å². The molecule has 1 aromatic carbocycles. The monoisotopic (exact) mass is 365 g/mol. The highest BCUT2D eigenvalue weighted by Gasteiger charge is 2.17. The summed E-state index contributed by atoms with van der Waals surface area (Å²) in [5.74, 6) is -0.818. The number of amides is 2. The van der Waals surface area contributed by atoms with E-state index in [2.05, 4.69) is 15.4 Å². The zero-order chi connectivity index (χ0) is 18.4. The van der Waals surface area contributed by atoms with Gasteiger partial charge in [0, 0.05) is 6.54 Å². The van der Waals surface area contributed by atoms with Crippen molar-refractivity contribution in [2.24, 2.45) is 0 Å². The Morgan fingerprint density at radius 3 is 2.56 bits per heavy atom. The van der Waals surface area contributed by atoms with Gasteiger partial charge in [-0.25, -0.2) is 8.42 Å². The van der Waals surface area contributed by atoms with Gasteiger partial charge in [-0.3, -0.25) is 14.3 Å². The molecule has 9 heteroatoms. The predicted octanol–water partition coefficient (Wildman–Crippen LogP) is 1.09. The summed E-state index contributed by atoms with van der Waals surface area (Å²) >= 11 is 0. The van der Waals surface area contributed by atoms with Crippen LogP contribution < -0.4 is 15.4 Å². The molecule has 0 fully saturated rings. The van der Waals surface area contributed by atoms with Crippen molar-refractivity contribution in [3.05, 3.63) is 54.0 Å². The smallest absolute Gasteiger partial charge is 0.255 e. The molecule has 0 unspecified atom stereocenters. The van der Waals surface area contributed by atoms with Crippen molar-refractivity contribution in [2.75, 3.05) is 11.0 Å². The average Bonchev–Trinajstić information content (AvgIpc) is 3.06. The summed E-state index contributed by atoms with van der Waals surface area (Å²) < 4.78 is 30.0. The zero-order valence-corrected chi connectivity index (χ0v) is 14.6. The number of hydrogen-bond donors (Lipinski definition) is 3. The minimum atomic E-state index is -3.42. The summed E-state index contributed by atoms with van der Waals surface area (Å²) in [7, 11) is -3.42. The van der Waals surface area contributed by atoms with Gasteiger partial charge in [-0.2, -0.15) is 0 Å². The molecule has 0 saturated carbocycles. The summed E-state index contributed by atoms with van der Waals surface area (Å²) in [4.78, 5) is 24.0. The van der Waals surface area contributed by atoms with Crippen molar-refractivity contribution in [3.8, 4) is 0 Å². The van der Waals surface area contributed by atoms with Crippen LogP contribution in [0.3, 0.4) is 0 Å². The lowest BCUT2D eigenvalue weighted by Crippen LogP contribution is -2.44. The highest BCUT2D eigenvalue weighted by Crippen LogP contribution is 2.16. The molecule has 2 amide bonds. The number of para-hydroxylation sites is 1. The van der Waals surface area contributed by atoms with Crippen LogP contribution >= 0.6 is 0 Å². The zero-order valence-electron chi connectivity index (χ0n) is 13.8. The van der Waals surface area contributed by atoms with Crippen molar-refractivity contribution in [1.82, 2.24) is 10.6 Å². The van der Waals surface area contributed by atoms with Crippen LogP contribution in [0.15, 0.2) is 47.3 Å². The first-order chi connectivity index (χ1) is 11.8. The number of rotatable bonds is 7. The molecule has 1 atom stereocenters. The van der Waals surface area contributed by atoms with Crippen molar-refractivity contribution < 1.29 is 22.4 Å². The minimum Gasteiger partial charge on any atom is -0.472 e. The Kier molecular flexibility index (Phi) is 5.81. The summed E-state index contributed by atoms with van der Waals surface area (Å²) in [5, 5.41) is 5.21. The Hall–Kier alpha value is -2.81. The Bertz CT molecular complexity index is 846. The molecule has 2 rings (SSSR count). The van der Waals surface area contributed by atoms with Crippen LogP contribution in [-0.4, -0.2) is 32.5 Å². The van der Waals surface area contributed by atoms with Gasteiger partial charge in [0.25, 0.3) is 5.91 Å². The molecule has 0 aliphatic carbocycles. The molecule has 134 valence electrons. The third kappa shape index (κ3) is 5.64. The van der Waals surface area contributed by atoms with Crippen LogP contribution in [0.1, 0.15) is 22.8 Å². The van der Waals surface area contributed by atoms with Gasteiger partial charge in [-0.1, -0.05) is 18.2 Å². The van der Waals surface area contributed by atoms with Crippen molar-refractivity contribution in [2.45, 2.75) is 19.5 Å². The van der Waals surface area contributed by atoms with Crippen LogP contribution in [0.25, 0.3) is 0 Å². The fourth-order valence-electron chi connectivity index (χ4n) is 2.05. The molecular formula is C16H19N3O5S. The molecule has 1 aromatic heterocycles. The molecule has 1 heterocycles. The van der Waals surface area contributed by atoms with Crippen LogP contribution in [0.5, 0.6) is 0 Å². The van der Waals surface area contributed by atoms with Gasteiger partial charge in [-0.05, 0) is 24.6 Å². The van der Waals surface area contributed by atoms with E-state index < -0.39 is 27.9 Å². The summed E-state index contributed by atoms with van der Waals surface area (Å²) in [6, 6.07) is 7.45. The van der Waals surface area contributed by atoms with Gasteiger partial charge < -0.3 is 15.1 Å². The lowest BCUT2D eigenvalue weighted by Gasteiger charge is -2.15. The molecule has 0 aliphatic rings. The molecule has 8 nitrogen and oxygen atoms in total. The third-order valence-electron chi connectivity index (χ3n) is 3.29. The van der Waals surface area contributed by atoms with E-state index in [1.807, 2.05) is 0 Å². The Morgan fingerprint density at radius 2 is 1.92 bits per heavy atom. The van der Waals surface area contributed by atoms with Gasteiger partial charge in [0.05, 0.1) is 23.8 Å². The molecule has 2 aromatic rings. The van der Waals surface area contributed by atoms with E-state index in [0.717, 1.165) is 6.26 Å². The SMILES string of the molecule is C[C@@H](NC(=O)c1ccoc1)C(=O)NCc1ccccc1NS(C)(=O)=O. The molecule has 0 radical (unpaired) electrons. The summed E-state index contributed by atoms with van der Waals surface area (Å²) in [6.45, 7) is 1.66. The van der Waals surface area contributed by atoms with Crippen molar-refractivity contribution in [3.63, 3.8) is 0 Å². The maximum Gasteiger partial charge on any atom is 0.255 e. The number of sulfonamides is 1. The normalized spacial score (nSPS) is 12.2. The maximum absolute atomic E-state index is 12.1. The number of nitrogens with one attached hydrogen (secondary N) is 3. The molecule has 0 aliphatic heterocycles. The first-order valence-electron chi connectivity index (χ1n) is 7.43. The van der Waals surface area contributed by atoms with E-state index in [-0.39, 0.29) is 6.54 Å². The third-order valence-corrected chi connectivity index (χ3v) is 3.88. The maximum atomic E-state index is 12.1. The topological polar surface area (TPSA) is 118 Å². The fourth-order valence-corrected chi connectivity index (χ4v) is 2.65. The second-order valence-electron chi connectivity index (χ2n) is 5.46. The van der Waals surface area contributed by atoms with Crippen molar-refractivity contribution in [1.29, 1.82) is 0 Å². The Labute approximate surface area is 145 Å². The fraction of sp³-hybridized carbons (Fsp3) is 0.250. The highest BCUT2D eigenvalue weighted by molar-refractivity contribution is 7.92. The predicted molar refractivity (Wildman–Crippen MR) is 92.4 cm³/mol. The largest absolute Gasteiger partial charge is 0.472 e. The van der Waals surface area contributed by atoms with Gasteiger partial charge in [-0.15, -0.1) is 0 Å². The van der Waals surface area contributed by atoms with E-state index in [1.54, 1.807) is 31.2 Å². The van der Waals surface area contributed by atoms with Crippen LogP contribution in [0, 0.1) is 0 Å². The number of anilines is 1. The Morgan fingerprint density at radius 1 is 1.20 bits per heavy atom. The van der Waals surface area contributed by atoms with Gasteiger partial charge >= 0.3 is 0 Å². The lowest BCUT2D eigenvalue weighted by atomic mass is 10.2. The van der Waals surface area contributed by atoms with E-state index in [9.17, 15) is 18.0 Å². The van der Waals surface area contributed by atoms with E-state index in [1.165, 1.54) is 18.6 Å². The highest BCUT2D eigenvalue weighted by atomic mass is 32.2. The molecular weight excluding hydrogens is 346 g/mol. The molecule has 3 N–H and O–H groups in total. The first-order valence-corrected chi connectivity index (χ1v) is 9.32. The van der Waals surface area contributed by atoms with Gasteiger partial charge in [0.1, 0.15) is 12.3 Å². The summed E-state index contributed by atoms with van der Waals surface area (Å²) in [6.07, 6.45) is 3.70. The van der Waals surface area contributed by atoms with E-state index in [4.69, 9.17) is 4.42 Å². The van der Waals surface area contributed by atoms with Crippen LogP contribution in [0.2, 0.25) is 0 Å². The quantitative estimate of drug-likeness (QED) is 0.679.